The van der Waals surface area contributed by atoms with E-state index >= 15 is 0 Å². The van der Waals surface area contributed by atoms with Crippen LogP contribution in [0.4, 0.5) is 0 Å². The van der Waals surface area contributed by atoms with E-state index in [1.54, 1.807) is 30.3 Å². The highest BCUT2D eigenvalue weighted by Gasteiger charge is 2.69. The summed E-state index contributed by atoms with van der Waals surface area (Å²) in [5.41, 5.74) is 4.51. The van der Waals surface area contributed by atoms with Gasteiger partial charge in [0, 0.05) is 5.92 Å². The van der Waals surface area contributed by atoms with E-state index in [0.29, 0.717) is 22.3 Å². The van der Waals surface area contributed by atoms with Crippen molar-refractivity contribution in [3.63, 3.8) is 0 Å². The number of Topliss-reactive ketones (excluding diaryl/α,β-unsaturated/α-hetero) is 4. The lowest BCUT2D eigenvalue weighted by molar-refractivity contribution is -0.181. The van der Waals surface area contributed by atoms with Crippen molar-refractivity contribution in [1.82, 2.24) is 4.90 Å². The van der Waals surface area contributed by atoms with Gasteiger partial charge in [0.05, 0.1) is 30.2 Å². The molecule has 2 fully saturated rings. The van der Waals surface area contributed by atoms with Crippen molar-refractivity contribution < 1.29 is 43.7 Å². The number of fused-ring (bicyclic) bond motifs is 3. The minimum absolute atomic E-state index is 0.0414. The summed E-state index contributed by atoms with van der Waals surface area (Å²) in [5.74, 6) is -11.5. The third-order valence-corrected chi connectivity index (χ3v) is 8.56. The highest BCUT2D eigenvalue weighted by molar-refractivity contribution is 6.32. The van der Waals surface area contributed by atoms with Crippen LogP contribution in [-0.2, 0) is 30.3 Å². The molecule has 0 heterocycles. The standard InChI is InChI=1S/C29H28N2O9/c1-31(2)22-17-11-14-10-16-15(12-4-6-13(7-5-12)28(38)40-3)8-9-18(32)20(16)23(33)19(14)25(35)29(17,39)26(36)21(24(22)34)27(30)37/h4-9,14,17,19,21-22,32,39H,10-11H2,1-3H3,(H2,30,37)/t14-,17-,19?,21?,22-,29-/m1/s1. The Kier molecular flexibility index (Phi) is 6.47. The van der Waals surface area contributed by atoms with Crippen molar-refractivity contribution in [2.24, 2.45) is 29.4 Å². The van der Waals surface area contributed by atoms with E-state index in [0.717, 1.165) is 0 Å². The van der Waals surface area contributed by atoms with E-state index in [-0.39, 0.29) is 24.2 Å². The lowest BCUT2D eigenvalue weighted by Gasteiger charge is -2.52. The number of nitrogens with zero attached hydrogens (tertiary/aromatic N) is 1. The average molecular weight is 549 g/mol. The smallest absolute Gasteiger partial charge is 0.337 e. The number of carbonyl (C=O) groups is 6. The fourth-order valence-electron chi connectivity index (χ4n) is 6.78. The molecule has 6 atom stereocenters. The minimum Gasteiger partial charge on any atom is -0.507 e. The summed E-state index contributed by atoms with van der Waals surface area (Å²) in [5, 5.41) is 22.3. The van der Waals surface area contributed by atoms with Crippen molar-refractivity contribution >= 4 is 35.0 Å². The minimum atomic E-state index is -2.77. The Morgan fingerprint density at radius 3 is 2.25 bits per heavy atom. The van der Waals surface area contributed by atoms with E-state index in [9.17, 15) is 39.0 Å². The number of aromatic hydroxyl groups is 1. The van der Waals surface area contributed by atoms with Gasteiger partial charge in [-0.1, -0.05) is 18.2 Å². The number of hydrogen-bond donors (Lipinski definition) is 3. The monoisotopic (exact) mass is 548 g/mol. The molecule has 40 heavy (non-hydrogen) atoms. The van der Waals surface area contributed by atoms with Crippen LogP contribution in [0.15, 0.2) is 36.4 Å². The Morgan fingerprint density at radius 1 is 1.02 bits per heavy atom. The summed E-state index contributed by atoms with van der Waals surface area (Å²) in [4.78, 5) is 79.6. The number of phenols is 1. The maximum absolute atomic E-state index is 13.9. The molecule has 0 aromatic heterocycles. The van der Waals surface area contributed by atoms with Crippen molar-refractivity contribution in [1.29, 1.82) is 0 Å². The van der Waals surface area contributed by atoms with Gasteiger partial charge in [0.25, 0.3) is 0 Å². The quantitative estimate of drug-likeness (QED) is 0.355. The number of ketones is 4. The van der Waals surface area contributed by atoms with Gasteiger partial charge < -0.3 is 20.7 Å². The van der Waals surface area contributed by atoms with Crippen LogP contribution in [-0.4, -0.2) is 83.0 Å². The van der Waals surface area contributed by atoms with Crippen LogP contribution in [0.5, 0.6) is 5.75 Å². The summed E-state index contributed by atoms with van der Waals surface area (Å²) in [7, 11) is 4.33. The molecule has 11 heteroatoms. The van der Waals surface area contributed by atoms with Crippen LogP contribution in [0, 0.1) is 23.7 Å². The number of carbonyl (C=O) groups excluding carboxylic acids is 6. The number of likely N-dealkylation sites (N-methyl/N-ethyl adjacent to an activating group) is 1. The molecular formula is C29H28N2O9. The fraction of sp³-hybridized carbons (Fsp3) is 0.379. The summed E-state index contributed by atoms with van der Waals surface area (Å²) >= 11 is 0. The normalized spacial score (nSPS) is 29.5. The highest BCUT2D eigenvalue weighted by Crippen LogP contribution is 2.51. The van der Waals surface area contributed by atoms with Crippen LogP contribution in [0.25, 0.3) is 11.1 Å². The lowest BCUT2D eigenvalue weighted by atomic mass is 9.52. The molecule has 0 aliphatic heterocycles. The lowest BCUT2D eigenvalue weighted by Crippen LogP contribution is -2.74. The second kappa shape index (κ2) is 9.46. The molecule has 0 bridgehead atoms. The molecule has 2 aromatic carbocycles. The molecule has 1 amide bonds. The molecule has 0 saturated heterocycles. The van der Waals surface area contributed by atoms with Crippen molar-refractivity contribution in [2.75, 3.05) is 21.2 Å². The first kappa shape index (κ1) is 27.4. The molecule has 0 radical (unpaired) electrons. The van der Waals surface area contributed by atoms with Gasteiger partial charge in [-0.05, 0) is 67.7 Å². The predicted octanol–water partition coefficient (Wildman–Crippen LogP) is 0.321. The first-order valence-electron chi connectivity index (χ1n) is 12.7. The van der Waals surface area contributed by atoms with Crippen molar-refractivity contribution in [2.45, 2.75) is 24.5 Å². The average Bonchev–Trinajstić information content (AvgIpc) is 2.90. The van der Waals surface area contributed by atoms with Gasteiger partial charge >= 0.3 is 5.97 Å². The highest BCUT2D eigenvalue weighted by atomic mass is 16.5. The Hall–Kier alpha value is -4.22. The second-order valence-electron chi connectivity index (χ2n) is 10.8. The fourth-order valence-corrected chi connectivity index (χ4v) is 6.78. The van der Waals surface area contributed by atoms with Crippen LogP contribution < -0.4 is 5.73 Å². The first-order valence-corrected chi connectivity index (χ1v) is 12.7. The van der Waals surface area contributed by atoms with Gasteiger partial charge in [0.15, 0.2) is 34.7 Å². The molecular weight excluding hydrogens is 520 g/mol. The summed E-state index contributed by atoms with van der Waals surface area (Å²) in [6.07, 6.45) is 0.0919. The van der Waals surface area contributed by atoms with Crippen LogP contribution in [0.3, 0.4) is 0 Å². The molecule has 3 aliphatic rings. The number of phenolic OH excluding ortho intramolecular Hbond substituents is 1. The first-order chi connectivity index (χ1) is 18.8. The molecule has 2 saturated carbocycles. The largest absolute Gasteiger partial charge is 0.507 e. The number of benzene rings is 2. The Labute approximate surface area is 228 Å². The maximum atomic E-state index is 13.9. The number of rotatable bonds is 4. The predicted molar refractivity (Wildman–Crippen MR) is 138 cm³/mol. The summed E-state index contributed by atoms with van der Waals surface area (Å²) < 4.78 is 4.74. The second-order valence-corrected chi connectivity index (χ2v) is 10.8. The van der Waals surface area contributed by atoms with Gasteiger partial charge in [-0.3, -0.25) is 28.9 Å². The molecule has 11 nitrogen and oxygen atoms in total. The molecule has 4 N–H and O–H groups in total. The molecule has 0 spiro atoms. The number of nitrogens with two attached hydrogens (primary N) is 1. The van der Waals surface area contributed by atoms with Crippen LogP contribution >= 0.6 is 0 Å². The Bertz CT molecular complexity index is 1500. The number of aliphatic hydroxyl groups is 1. The molecule has 2 unspecified atom stereocenters. The van der Waals surface area contributed by atoms with Crippen LogP contribution in [0.2, 0.25) is 0 Å². The van der Waals surface area contributed by atoms with E-state index in [2.05, 4.69) is 0 Å². The Balaban J connectivity index is 1.62. The van der Waals surface area contributed by atoms with E-state index in [1.165, 1.54) is 32.2 Å². The number of primary amides is 1. The molecule has 2 aromatic rings. The molecule has 208 valence electrons. The van der Waals surface area contributed by atoms with E-state index in [1.807, 2.05) is 0 Å². The van der Waals surface area contributed by atoms with Crippen molar-refractivity contribution in [3.8, 4) is 16.9 Å². The number of amides is 1. The van der Waals surface area contributed by atoms with Gasteiger partial charge in [-0.2, -0.15) is 0 Å². The zero-order valence-electron chi connectivity index (χ0n) is 22.0. The number of methoxy groups -OCH3 is 1. The zero-order chi connectivity index (χ0) is 29.3. The van der Waals surface area contributed by atoms with Crippen molar-refractivity contribution in [3.05, 3.63) is 53.1 Å². The maximum Gasteiger partial charge on any atom is 0.337 e. The van der Waals surface area contributed by atoms with Gasteiger partial charge in [-0.25, -0.2) is 4.79 Å². The van der Waals surface area contributed by atoms with Crippen LogP contribution in [0.1, 0.15) is 32.7 Å². The topological polar surface area (TPSA) is 181 Å². The Morgan fingerprint density at radius 2 is 1.68 bits per heavy atom. The third kappa shape index (κ3) is 3.72. The third-order valence-electron chi connectivity index (χ3n) is 8.56. The number of hydrogen-bond acceptors (Lipinski definition) is 10. The van der Waals surface area contributed by atoms with Gasteiger partial charge in [-0.15, -0.1) is 0 Å². The van der Waals surface area contributed by atoms with E-state index in [4.69, 9.17) is 10.5 Å². The van der Waals surface area contributed by atoms with E-state index < -0.39 is 70.3 Å². The number of esters is 1. The summed E-state index contributed by atoms with van der Waals surface area (Å²) in [6.45, 7) is 0. The molecule has 5 rings (SSSR count). The number of ether oxygens (including phenoxy) is 1. The SMILES string of the molecule is COC(=O)c1ccc(-c2ccc(O)c3c2C[C@@H]2C[C@@H]4[C@@H](N(C)C)C(=O)C(C(N)=O)C(=O)[C@]4(O)C(=O)C2C3=O)cc1. The summed E-state index contributed by atoms with van der Waals surface area (Å²) in [6, 6.07) is 8.25. The molecule has 3 aliphatic carbocycles. The zero-order valence-corrected chi connectivity index (χ0v) is 22.0. The van der Waals surface area contributed by atoms with Gasteiger partial charge in [0.2, 0.25) is 5.91 Å². The van der Waals surface area contributed by atoms with Gasteiger partial charge in [0.1, 0.15) is 5.75 Å².